The van der Waals surface area contributed by atoms with Gasteiger partial charge in [0.15, 0.2) is 0 Å². The number of carbonyl (C=O) groups is 1. The smallest absolute Gasteiger partial charge is 0.312 e. The van der Waals surface area contributed by atoms with Gasteiger partial charge in [0, 0.05) is 32.2 Å². The molecule has 0 saturated carbocycles. The summed E-state index contributed by atoms with van der Waals surface area (Å²) < 4.78 is 16.1. The second-order valence-corrected chi connectivity index (χ2v) is 4.99. The topological polar surface area (TPSA) is 107 Å². The zero-order valence-corrected chi connectivity index (χ0v) is 13.9. The second kappa shape index (κ2) is 16.4. The molecular weight excluding hydrogens is 288 g/mol. The van der Waals surface area contributed by atoms with Crippen LogP contribution in [0.1, 0.15) is 13.8 Å². The summed E-state index contributed by atoms with van der Waals surface area (Å²) in [6.07, 6.45) is 0. The van der Waals surface area contributed by atoms with Crippen molar-refractivity contribution < 1.29 is 19.0 Å². The average Bonchev–Trinajstić information content (AvgIpc) is 2.46. The van der Waals surface area contributed by atoms with Gasteiger partial charge >= 0.3 is 6.03 Å². The van der Waals surface area contributed by atoms with E-state index in [0.29, 0.717) is 52.2 Å². The van der Waals surface area contributed by atoms with Crippen molar-refractivity contribution >= 4 is 6.03 Å². The van der Waals surface area contributed by atoms with Crippen molar-refractivity contribution in [2.45, 2.75) is 19.9 Å². The maximum Gasteiger partial charge on any atom is 0.312 e. The van der Waals surface area contributed by atoms with Crippen LogP contribution in [0, 0.1) is 0 Å². The van der Waals surface area contributed by atoms with Crippen LogP contribution in [0.4, 0.5) is 4.79 Å². The van der Waals surface area contributed by atoms with Crippen molar-refractivity contribution in [3.8, 4) is 0 Å². The summed E-state index contributed by atoms with van der Waals surface area (Å²) in [6, 6.07) is -0.0339. The van der Waals surface area contributed by atoms with Crippen LogP contribution in [-0.4, -0.2) is 77.9 Å². The summed E-state index contributed by atoms with van der Waals surface area (Å²) >= 11 is 0. The van der Waals surface area contributed by atoms with Gasteiger partial charge in [0.05, 0.1) is 39.6 Å². The van der Waals surface area contributed by atoms with E-state index in [1.807, 2.05) is 0 Å². The lowest BCUT2D eigenvalue weighted by atomic mass is 10.4. The zero-order chi connectivity index (χ0) is 16.5. The van der Waals surface area contributed by atoms with E-state index in [1.165, 1.54) is 0 Å². The molecule has 132 valence electrons. The van der Waals surface area contributed by atoms with Gasteiger partial charge in [-0.05, 0) is 0 Å². The van der Waals surface area contributed by atoms with Crippen LogP contribution in [0.3, 0.4) is 0 Å². The van der Waals surface area contributed by atoms with Gasteiger partial charge in [-0.2, -0.15) is 0 Å². The highest BCUT2D eigenvalue weighted by Gasteiger charge is 1.94. The van der Waals surface area contributed by atoms with Crippen LogP contribution in [0.25, 0.3) is 0 Å². The molecule has 22 heavy (non-hydrogen) atoms. The Hall–Kier alpha value is -0.930. The van der Waals surface area contributed by atoms with Crippen molar-refractivity contribution in [1.82, 2.24) is 16.0 Å². The number of amides is 2. The Bertz CT molecular complexity index is 255. The number of nitrogens with one attached hydrogen (secondary N) is 3. The van der Waals surface area contributed by atoms with Gasteiger partial charge in [-0.15, -0.1) is 0 Å². The minimum atomic E-state index is -0.529. The third-order valence-electron chi connectivity index (χ3n) is 2.56. The Balaban J connectivity index is 2.98. The van der Waals surface area contributed by atoms with Crippen molar-refractivity contribution in [2.24, 2.45) is 5.73 Å². The first-order chi connectivity index (χ1) is 10.6. The molecule has 2 amide bonds. The average molecular weight is 320 g/mol. The fourth-order valence-electron chi connectivity index (χ4n) is 1.50. The standard InChI is InChI=1S/C14H32N4O4/c1-13(2)17-5-9-22-12-11-21-8-4-16-3-7-20-10-6-18-14(15)19/h13,16-17H,3-12H2,1-2H3,(H3,15,18,19). The second-order valence-electron chi connectivity index (χ2n) is 4.99. The monoisotopic (exact) mass is 320 g/mol. The molecule has 0 bridgehead atoms. The van der Waals surface area contributed by atoms with E-state index in [4.69, 9.17) is 19.9 Å². The summed E-state index contributed by atoms with van der Waals surface area (Å²) in [5.41, 5.74) is 4.91. The van der Waals surface area contributed by atoms with Crippen LogP contribution < -0.4 is 21.7 Å². The maximum atomic E-state index is 10.4. The molecule has 0 unspecified atom stereocenters. The van der Waals surface area contributed by atoms with Gasteiger partial charge < -0.3 is 35.9 Å². The highest BCUT2D eigenvalue weighted by molar-refractivity contribution is 5.71. The fourth-order valence-corrected chi connectivity index (χ4v) is 1.50. The minimum absolute atomic E-state index is 0.436. The van der Waals surface area contributed by atoms with E-state index in [-0.39, 0.29) is 0 Å². The summed E-state index contributed by atoms with van der Waals surface area (Å²) in [5.74, 6) is 0. The van der Waals surface area contributed by atoms with E-state index in [1.54, 1.807) is 0 Å². The Morgan fingerprint density at radius 2 is 1.36 bits per heavy atom. The van der Waals surface area contributed by atoms with Crippen LogP contribution in [-0.2, 0) is 14.2 Å². The predicted molar refractivity (Wildman–Crippen MR) is 86.1 cm³/mol. The Kier molecular flexibility index (Phi) is 15.7. The molecule has 0 heterocycles. The van der Waals surface area contributed by atoms with Crippen LogP contribution >= 0.6 is 0 Å². The molecule has 0 aromatic carbocycles. The fraction of sp³-hybridized carbons (Fsp3) is 0.929. The van der Waals surface area contributed by atoms with E-state index >= 15 is 0 Å². The Labute approximate surface area is 133 Å². The molecule has 0 radical (unpaired) electrons. The van der Waals surface area contributed by atoms with Crippen molar-refractivity contribution in [3.63, 3.8) is 0 Å². The van der Waals surface area contributed by atoms with Gasteiger partial charge in [0.1, 0.15) is 0 Å². The highest BCUT2D eigenvalue weighted by Crippen LogP contribution is 1.80. The number of primary amides is 1. The van der Waals surface area contributed by atoms with E-state index < -0.39 is 6.03 Å². The Morgan fingerprint density at radius 1 is 0.864 bits per heavy atom. The molecule has 8 nitrogen and oxygen atoms in total. The van der Waals surface area contributed by atoms with Crippen molar-refractivity contribution in [1.29, 1.82) is 0 Å². The first kappa shape index (κ1) is 21.1. The first-order valence-electron chi connectivity index (χ1n) is 7.83. The highest BCUT2D eigenvalue weighted by atomic mass is 16.5. The molecule has 0 fully saturated rings. The van der Waals surface area contributed by atoms with Crippen LogP contribution in [0.15, 0.2) is 0 Å². The molecule has 0 atom stereocenters. The lowest BCUT2D eigenvalue weighted by Gasteiger charge is -2.09. The molecule has 0 aliphatic rings. The molecule has 0 spiro atoms. The lowest BCUT2D eigenvalue weighted by Crippen LogP contribution is -2.32. The molecule has 0 aromatic rings. The number of hydrogen-bond donors (Lipinski definition) is 4. The largest absolute Gasteiger partial charge is 0.378 e. The van der Waals surface area contributed by atoms with Crippen LogP contribution in [0.2, 0.25) is 0 Å². The van der Waals surface area contributed by atoms with Gasteiger partial charge in [0.2, 0.25) is 0 Å². The van der Waals surface area contributed by atoms with Crippen LogP contribution in [0.5, 0.6) is 0 Å². The predicted octanol–water partition coefficient (Wildman–Crippen LogP) is -0.708. The van der Waals surface area contributed by atoms with Gasteiger partial charge in [-0.1, -0.05) is 13.8 Å². The SMILES string of the molecule is CC(C)NCCOCCOCCNCCOCCNC(N)=O. The third kappa shape index (κ3) is 19.1. The van der Waals surface area contributed by atoms with Gasteiger partial charge in [0.25, 0.3) is 0 Å². The summed E-state index contributed by atoms with van der Waals surface area (Å²) in [6.45, 7) is 10.7. The zero-order valence-electron chi connectivity index (χ0n) is 13.9. The summed E-state index contributed by atoms with van der Waals surface area (Å²) in [4.78, 5) is 10.4. The lowest BCUT2D eigenvalue weighted by molar-refractivity contribution is 0.0488. The number of urea groups is 1. The number of rotatable bonds is 16. The molecule has 0 aromatic heterocycles. The minimum Gasteiger partial charge on any atom is -0.378 e. The Morgan fingerprint density at radius 3 is 1.91 bits per heavy atom. The van der Waals surface area contributed by atoms with E-state index in [2.05, 4.69) is 29.8 Å². The molecular formula is C14H32N4O4. The van der Waals surface area contributed by atoms with Gasteiger partial charge in [-0.25, -0.2) is 4.79 Å². The maximum absolute atomic E-state index is 10.4. The first-order valence-corrected chi connectivity index (χ1v) is 7.83. The third-order valence-corrected chi connectivity index (χ3v) is 2.56. The number of carbonyl (C=O) groups excluding carboxylic acids is 1. The van der Waals surface area contributed by atoms with E-state index in [9.17, 15) is 4.79 Å². The van der Waals surface area contributed by atoms with E-state index in [0.717, 1.165) is 19.6 Å². The number of ether oxygens (including phenoxy) is 3. The molecule has 0 aliphatic carbocycles. The quantitative estimate of drug-likeness (QED) is 0.280. The van der Waals surface area contributed by atoms with Gasteiger partial charge in [-0.3, -0.25) is 0 Å². The normalized spacial score (nSPS) is 11.0. The number of hydrogen-bond acceptors (Lipinski definition) is 6. The molecule has 0 aliphatic heterocycles. The number of nitrogens with two attached hydrogens (primary N) is 1. The summed E-state index contributed by atoms with van der Waals surface area (Å²) in [5, 5.41) is 8.93. The van der Waals surface area contributed by atoms with Crippen molar-refractivity contribution in [2.75, 3.05) is 65.8 Å². The van der Waals surface area contributed by atoms with Crippen molar-refractivity contribution in [3.05, 3.63) is 0 Å². The summed E-state index contributed by atoms with van der Waals surface area (Å²) in [7, 11) is 0. The molecule has 8 heteroatoms. The molecule has 0 rings (SSSR count). The molecule has 0 saturated heterocycles. The molecule has 5 N–H and O–H groups in total.